The van der Waals surface area contributed by atoms with Gasteiger partial charge in [-0.25, -0.2) is 4.79 Å². The van der Waals surface area contributed by atoms with Crippen molar-refractivity contribution in [1.29, 1.82) is 0 Å². The van der Waals surface area contributed by atoms with Crippen LogP contribution in [-0.2, 0) is 14.3 Å². The molecule has 0 saturated carbocycles. The number of aliphatic hydroxyl groups excluding tert-OH is 2. The second-order valence-electron chi connectivity index (χ2n) is 7.50. The fourth-order valence-electron chi connectivity index (χ4n) is 3.35. The van der Waals surface area contributed by atoms with Crippen LogP contribution in [0.3, 0.4) is 0 Å². The highest BCUT2D eigenvalue weighted by molar-refractivity contribution is 6.03. The van der Waals surface area contributed by atoms with Crippen molar-refractivity contribution in [3.8, 4) is 0 Å². The van der Waals surface area contributed by atoms with E-state index < -0.39 is 54.8 Å². The maximum absolute atomic E-state index is 12.5. The Bertz CT molecular complexity index is 1080. The number of nitrogens with zero attached hydrogens (tertiary/aromatic N) is 2. The topological polar surface area (TPSA) is 152 Å². The SMILES string of the molecule is O=C(Nc1ccn([C@@H]2O[C@H](CO)C(OCCCNC(=O)C(F)(F)F)C2O)c(=O)n1)c1ccccc1. The van der Waals surface area contributed by atoms with Crippen molar-refractivity contribution < 1.29 is 42.4 Å². The average molecular weight is 500 g/mol. The van der Waals surface area contributed by atoms with Gasteiger partial charge >= 0.3 is 17.8 Å². The molecule has 1 aromatic carbocycles. The van der Waals surface area contributed by atoms with Crippen molar-refractivity contribution in [3.05, 3.63) is 58.6 Å². The molecule has 2 unspecified atom stereocenters. The predicted octanol–water partition coefficient (Wildman–Crippen LogP) is 0.200. The normalized spacial score (nSPS) is 22.1. The van der Waals surface area contributed by atoms with Crippen molar-refractivity contribution in [2.45, 2.75) is 37.1 Å². The molecule has 1 aliphatic rings. The van der Waals surface area contributed by atoms with Crippen molar-refractivity contribution in [2.75, 3.05) is 25.1 Å². The van der Waals surface area contributed by atoms with E-state index in [1.807, 2.05) is 0 Å². The summed E-state index contributed by atoms with van der Waals surface area (Å²) in [5.41, 5.74) is -0.496. The lowest BCUT2D eigenvalue weighted by molar-refractivity contribution is -0.173. The summed E-state index contributed by atoms with van der Waals surface area (Å²) in [5, 5.41) is 24.3. The predicted molar refractivity (Wildman–Crippen MR) is 113 cm³/mol. The zero-order valence-electron chi connectivity index (χ0n) is 18.1. The molecular formula is C21H23F3N4O7. The van der Waals surface area contributed by atoms with E-state index in [1.54, 1.807) is 35.6 Å². The fourth-order valence-corrected chi connectivity index (χ4v) is 3.35. The van der Waals surface area contributed by atoms with Crippen LogP contribution in [0.4, 0.5) is 19.0 Å². The van der Waals surface area contributed by atoms with E-state index in [0.717, 1.165) is 4.57 Å². The Morgan fingerprint density at radius 1 is 1.20 bits per heavy atom. The van der Waals surface area contributed by atoms with Crippen molar-refractivity contribution in [2.24, 2.45) is 0 Å². The van der Waals surface area contributed by atoms with Gasteiger partial charge in [0.15, 0.2) is 6.23 Å². The Morgan fingerprint density at radius 3 is 2.54 bits per heavy atom. The van der Waals surface area contributed by atoms with E-state index >= 15 is 0 Å². The molecule has 2 amide bonds. The molecule has 3 rings (SSSR count). The summed E-state index contributed by atoms with van der Waals surface area (Å²) >= 11 is 0. The van der Waals surface area contributed by atoms with Crippen LogP contribution < -0.4 is 16.3 Å². The minimum Gasteiger partial charge on any atom is -0.394 e. The van der Waals surface area contributed by atoms with E-state index in [0.29, 0.717) is 5.56 Å². The molecule has 14 heteroatoms. The Hall–Kier alpha value is -3.33. The second kappa shape index (κ2) is 11.4. The van der Waals surface area contributed by atoms with E-state index in [2.05, 4.69) is 10.3 Å². The molecule has 11 nitrogen and oxygen atoms in total. The lowest BCUT2D eigenvalue weighted by atomic mass is 10.1. The zero-order valence-corrected chi connectivity index (χ0v) is 18.1. The molecular weight excluding hydrogens is 477 g/mol. The Balaban J connectivity index is 1.59. The molecule has 0 aliphatic carbocycles. The lowest BCUT2D eigenvalue weighted by Crippen LogP contribution is -2.39. The first-order chi connectivity index (χ1) is 16.6. The summed E-state index contributed by atoms with van der Waals surface area (Å²) in [6.45, 7) is -1.06. The average Bonchev–Trinajstić information content (AvgIpc) is 3.14. The van der Waals surface area contributed by atoms with Gasteiger partial charge in [-0.05, 0) is 24.6 Å². The molecule has 4 atom stereocenters. The van der Waals surface area contributed by atoms with Crippen LogP contribution in [0.1, 0.15) is 23.0 Å². The van der Waals surface area contributed by atoms with Crippen molar-refractivity contribution in [3.63, 3.8) is 0 Å². The molecule has 2 heterocycles. The van der Waals surface area contributed by atoms with Gasteiger partial charge in [-0.15, -0.1) is 0 Å². The van der Waals surface area contributed by atoms with E-state index in [1.165, 1.54) is 12.3 Å². The van der Waals surface area contributed by atoms with Gasteiger partial charge in [-0.2, -0.15) is 18.2 Å². The molecule has 1 fully saturated rings. The summed E-state index contributed by atoms with van der Waals surface area (Å²) in [6.07, 6.45) is -8.61. The maximum atomic E-state index is 12.5. The third-order valence-corrected chi connectivity index (χ3v) is 5.05. The van der Waals surface area contributed by atoms with E-state index in [9.17, 15) is 37.8 Å². The first-order valence-electron chi connectivity index (χ1n) is 10.5. The molecule has 1 saturated heterocycles. The summed E-state index contributed by atoms with van der Waals surface area (Å²) in [7, 11) is 0. The van der Waals surface area contributed by atoms with Crippen LogP contribution in [0.5, 0.6) is 0 Å². The van der Waals surface area contributed by atoms with E-state index in [4.69, 9.17) is 9.47 Å². The van der Waals surface area contributed by atoms with Crippen molar-refractivity contribution in [1.82, 2.24) is 14.9 Å². The van der Waals surface area contributed by atoms with Crippen LogP contribution in [0.15, 0.2) is 47.4 Å². The highest BCUT2D eigenvalue weighted by atomic mass is 19.4. The molecule has 2 aromatic rings. The first-order valence-corrected chi connectivity index (χ1v) is 10.5. The number of hydrogen-bond donors (Lipinski definition) is 4. The molecule has 0 spiro atoms. The molecule has 35 heavy (non-hydrogen) atoms. The number of halogens is 3. The van der Waals surface area contributed by atoms with Crippen LogP contribution in [-0.4, -0.2) is 75.8 Å². The third-order valence-electron chi connectivity index (χ3n) is 5.05. The fraction of sp³-hybridized carbons (Fsp3) is 0.429. The number of alkyl halides is 3. The molecule has 190 valence electrons. The number of carbonyl (C=O) groups excluding carboxylic acids is 2. The zero-order chi connectivity index (χ0) is 25.6. The number of anilines is 1. The minimum absolute atomic E-state index is 0.00876. The second-order valence-corrected chi connectivity index (χ2v) is 7.50. The molecule has 1 aromatic heterocycles. The van der Waals surface area contributed by atoms with Crippen LogP contribution in [0.25, 0.3) is 0 Å². The number of benzene rings is 1. The van der Waals surface area contributed by atoms with Gasteiger partial charge in [0.2, 0.25) is 0 Å². The number of rotatable bonds is 9. The maximum Gasteiger partial charge on any atom is 0.471 e. The Kier molecular flexibility index (Phi) is 8.56. The Morgan fingerprint density at radius 2 is 1.91 bits per heavy atom. The summed E-state index contributed by atoms with van der Waals surface area (Å²) in [4.78, 5) is 39.3. The van der Waals surface area contributed by atoms with Gasteiger partial charge < -0.3 is 30.3 Å². The van der Waals surface area contributed by atoms with Gasteiger partial charge in [-0.3, -0.25) is 14.2 Å². The summed E-state index contributed by atoms with van der Waals surface area (Å²) in [6, 6.07) is 9.58. The smallest absolute Gasteiger partial charge is 0.394 e. The standard InChI is InChI=1S/C21H23F3N4O7/c22-21(23,24)19(32)25-8-4-10-34-16-13(11-29)35-18(15(16)30)28-9-7-14(27-20(28)33)26-17(31)12-5-2-1-3-6-12/h1-3,5-7,9,13,15-16,18,29-30H,4,8,10-11H2,(H,25,32)(H,26,27,31,33)/t13-,15?,16?,18-/m1/s1. The number of nitrogens with one attached hydrogen (secondary N) is 2. The van der Waals surface area contributed by atoms with Gasteiger partial charge in [0.25, 0.3) is 5.91 Å². The lowest BCUT2D eigenvalue weighted by Gasteiger charge is -2.20. The van der Waals surface area contributed by atoms with Gasteiger partial charge in [0, 0.05) is 24.9 Å². The Labute approximate surface area is 196 Å². The highest BCUT2D eigenvalue weighted by Crippen LogP contribution is 2.30. The van der Waals surface area contributed by atoms with Gasteiger partial charge in [-0.1, -0.05) is 18.2 Å². The summed E-state index contributed by atoms with van der Waals surface area (Å²) < 4.78 is 48.5. The molecule has 4 N–H and O–H groups in total. The quantitative estimate of drug-likeness (QED) is 0.357. The minimum atomic E-state index is -4.99. The van der Waals surface area contributed by atoms with Crippen LogP contribution >= 0.6 is 0 Å². The highest BCUT2D eigenvalue weighted by Gasteiger charge is 2.45. The van der Waals surface area contributed by atoms with Gasteiger partial charge in [0.05, 0.1) is 6.61 Å². The number of aromatic nitrogens is 2. The summed E-state index contributed by atoms with van der Waals surface area (Å²) in [5.74, 6) is -2.59. The van der Waals surface area contributed by atoms with Gasteiger partial charge in [0.1, 0.15) is 24.1 Å². The third kappa shape index (κ3) is 6.63. The van der Waals surface area contributed by atoms with E-state index in [-0.39, 0.29) is 25.4 Å². The molecule has 1 aliphatic heterocycles. The van der Waals surface area contributed by atoms with Crippen molar-refractivity contribution >= 4 is 17.6 Å². The van der Waals surface area contributed by atoms with Crippen LogP contribution in [0.2, 0.25) is 0 Å². The largest absolute Gasteiger partial charge is 0.471 e. The molecule has 0 radical (unpaired) electrons. The first kappa shape index (κ1) is 26.3. The number of aliphatic hydroxyl groups is 2. The number of hydrogen-bond acceptors (Lipinski definition) is 8. The number of ether oxygens (including phenoxy) is 2. The number of carbonyl (C=O) groups is 2. The molecule has 0 bridgehead atoms. The number of amides is 2. The monoisotopic (exact) mass is 500 g/mol. The van der Waals surface area contributed by atoms with Crippen LogP contribution in [0, 0.1) is 0 Å².